The van der Waals surface area contributed by atoms with Crippen LogP contribution in [-0.4, -0.2) is 14.9 Å². The molecule has 0 amide bonds. The number of fused-ring (bicyclic) bond motifs is 6. The third-order valence-corrected chi connectivity index (χ3v) is 7.00. The van der Waals surface area contributed by atoms with Crippen molar-refractivity contribution in [3.8, 4) is 11.4 Å². The van der Waals surface area contributed by atoms with Gasteiger partial charge >= 0.3 is 0 Å². The summed E-state index contributed by atoms with van der Waals surface area (Å²) in [7, 11) is 0. The summed E-state index contributed by atoms with van der Waals surface area (Å²) in [5.74, 6) is 0.245. The van der Waals surface area contributed by atoms with Crippen molar-refractivity contribution in [1.29, 1.82) is 0 Å². The molecule has 158 valence electrons. The molecule has 3 nitrogen and oxygen atoms in total. The van der Waals surface area contributed by atoms with Gasteiger partial charge in [0.2, 0.25) is 0 Å². The van der Waals surface area contributed by atoms with Gasteiger partial charge < -0.3 is 9.13 Å². The van der Waals surface area contributed by atoms with E-state index in [2.05, 4.69) is 88.0 Å². The number of aryl methyl sites for hydroxylation is 1. The minimum absolute atomic E-state index is 0.245. The van der Waals surface area contributed by atoms with Crippen molar-refractivity contribution in [3.63, 3.8) is 0 Å². The molecule has 2 aromatic heterocycles. The standard InChI is InChI=1S/C30H22N2O/c33-29-16-8-13-24-25-19-21(17-18-28(25)32(30(24)29)20-9-2-1-3-10-20)31-26-14-6-4-11-22(26)23-12-5-7-15-27(23)31/h1-7,9-12,14-15,17-19H,8,13,16H2. The molecular weight excluding hydrogens is 404 g/mol. The molecule has 7 rings (SSSR count). The highest BCUT2D eigenvalue weighted by molar-refractivity contribution is 6.10. The number of rotatable bonds is 2. The average Bonchev–Trinajstić information content (AvgIpc) is 3.38. The highest BCUT2D eigenvalue weighted by atomic mass is 16.1. The van der Waals surface area contributed by atoms with Crippen molar-refractivity contribution in [2.75, 3.05) is 0 Å². The van der Waals surface area contributed by atoms with Gasteiger partial charge in [0.15, 0.2) is 5.78 Å². The number of Topliss-reactive ketones (excluding diaryl/α,β-unsaturated/α-hetero) is 1. The molecule has 2 heterocycles. The van der Waals surface area contributed by atoms with E-state index in [0.717, 1.165) is 35.4 Å². The summed E-state index contributed by atoms with van der Waals surface area (Å²) in [5, 5.41) is 3.70. The lowest BCUT2D eigenvalue weighted by atomic mass is 9.94. The zero-order chi connectivity index (χ0) is 21.9. The maximum Gasteiger partial charge on any atom is 0.179 e. The van der Waals surface area contributed by atoms with Gasteiger partial charge in [-0.15, -0.1) is 0 Å². The monoisotopic (exact) mass is 426 g/mol. The van der Waals surface area contributed by atoms with Gasteiger partial charge in [-0.3, -0.25) is 4.79 Å². The van der Waals surface area contributed by atoms with Crippen molar-refractivity contribution < 1.29 is 4.79 Å². The molecule has 0 bridgehead atoms. The lowest BCUT2D eigenvalue weighted by molar-refractivity contribution is 0.0966. The van der Waals surface area contributed by atoms with Gasteiger partial charge in [-0.05, 0) is 60.9 Å². The van der Waals surface area contributed by atoms with Crippen LogP contribution in [0.4, 0.5) is 0 Å². The second kappa shape index (κ2) is 6.94. The van der Waals surface area contributed by atoms with E-state index >= 15 is 0 Å². The maximum atomic E-state index is 13.1. The SMILES string of the molecule is O=C1CCCc2c1n(-c1ccccc1)c1ccc(-n3c4ccccc4c4ccccc43)cc21. The van der Waals surface area contributed by atoms with Crippen LogP contribution in [0.3, 0.4) is 0 Å². The molecule has 33 heavy (non-hydrogen) atoms. The lowest BCUT2D eigenvalue weighted by Crippen LogP contribution is -2.14. The van der Waals surface area contributed by atoms with E-state index in [1.165, 1.54) is 32.8 Å². The van der Waals surface area contributed by atoms with E-state index < -0.39 is 0 Å². The topological polar surface area (TPSA) is 26.9 Å². The van der Waals surface area contributed by atoms with Crippen LogP contribution in [0.15, 0.2) is 97.1 Å². The summed E-state index contributed by atoms with van der Waals surface area (Å²) in [4.78, 5) is 13.1. The Hall–Kier alpha value is -4.11. The van der Waals surface area contributed by atoms with Gasteiger partial charge in [0, 0.05) is 34.0 Å². The molecule has 0 N–H and O–H groups in total. The molecule has 0 fully saturated rings. The summed E-state index contributed by atoms with van der Waals surface area (Å²) >= 11 is 0. The molecule has 0 spiro atoms. The summed E-state index contributed by atoms with van der Waals surface area (Å²) < 4.78 is 4.52. The quantitative estimate of drug-likeness (QED) is 0.286. The first-order chi connectivity index (χ1) is 16.3. The smallest absolute Gasteiger partial charge is 0.179 e. The third kappa shape index (κ3) is 2.59. The van der Waals surface area contributed by atoms with Crippen molar-refractivity contribution in [1.82, 2.24) is 9.13 Å². The van der Waals surface area contributed by atoms with E-state index in [1.54, 1.807) is 0 Å². The van der Waals surface area contributed by atoms with Crippen molar-refractivity contribution in [3.05, 3.63) is 108 Å². The number of nitrogens with zero attached hydrogens (tertiary/aromatic N) is 2. The normalized spacial score (nSPS) is 13.8. The van der Waals surface area contributed by atoms with Crippen LogP contribution in [0.5, 0.6) is 0 Å². The van der Waals surface area contributed by atoms with E-state index in [1.807, 2.05) is 18.2 Å². The van der Waals surface area contributed by atoms with Gasteiger partial charge in [-0.1, -0.05) is 54.6 Å². The van der Waals surface area contributed by atoms with Gasteiger partial charge in [-0.25, -0.2) is 0 Å². The minimum atomic E-state index is 0.245. The molecule has 0 unspecified atom stereocenters. The Morgan fingerprint density at radius 1 is 0.545 bits per heavy atom. The molecule has 4 aromatic carbocycles. The zero-order valence-electron chi connectivity index (χ0n) is 18.2. The van der Waals surface area contributed by atoms with Gasteiger partial charge in [0.25, 0.3) is 0 Å². The summed E-state index contributed by atoms with van der Waals surface area (Å²) in [6.07, 6.45) is 2.48. The first-order valence-electron chi connectivity index (χ1n) is 11.6. The fraction of sp³-hybridized carbons (Fsp3) is 0.100. The van der Waals surface area contributed by atoms with Crippen LogP contribution >= 0.6 is 0 Å². The van der Waals surface area contributed by atoms with Gasteiger partial charge in [0.05, 0.1) is 22.2 Å². The van der Waals surface area contributed by atoms with E-state index in [-0.39, 0.29) is 5.78 Å². The van der Waals surface area contributed by atoms with Crippen LogP contribution in [0.2, 0.25) is 0 Å². The second-order valence-electron chi connectivity index (χ2n) is 8.85. The second-order valence-corrected chi connectivity index (χ2v) is 8.85. The van der Waals surface area contributed by atoms with E-state index in [0.29, 0.717) is 6.42 Å². The maximum absolute atomic E-state index is 13.1. The molecule has 0 atom stereocenters. The van der Waals surface area contributed by atoms with Crippen molar-refractivity contribution in [2.24, 2.45) is 0 Å². The van der Waals surface area contributed by atoms with Crippen LogP contribution < -0.4 is 0 Å². The zero-order valence-corrected chi connectivity index (χ0v) is 18.2. The molecule has 6 aromatic rings. The number of para-hydroxylation sites is 3. The lowest BCUT2D eigenvalue weighted by Gasteiger charge is -2.14. The Balaban J connectivity index is 1.57. The molecule has 0 radical (unpaired) electrons. The Morgan fingerprint density at radius 3 is 1.91 bits per heavy atom. The Morgan fingerprint density at radius 2 is 1.18 bits per heavy atom. The number of carbonyl (C=O) groups is 1. The fourth-order valence-corrected chi connectivity index (χ4v) is 5.62. The molecule has 0 saturated carbocycles. The first kappa shape index (κ1) is 18.5. The molecule has 1 aliphatic rings. The van der Waals surface area contributed by atoms with Crippen molar-refractivity contribution >= 4 is 38.5 Å². The summed E-state index contributed by atoms with van der Waals surface area (Å²) in [5.41, 5.74) is 7.73. The Bertz CT molecular complexity index is 1650. The molecular formula is C30H22N2O. The Labute approximate surface area is 191 Å². The summed E-state index contributed by atoms with van der Waals surface area (Å²) in [6, 6.07) is 34.1. The van der Waals surface area contributed by atoms with Crippen LogP contribution in [0.25, 0.3) is 44.1 Å². The average molecular weight is 427 g/mol. The number of aromatic nitrogens is 2. The number of benzene rings is 4. The van der Waals surface area contributed by atoms with Crippen LogP contribution in [0, 0.1) is 0 Å². The van der Waals surface area contributed by atoms with Crippen LogP contribution in [0.1, 0.15) is 28.9 Å². The predicted molar refractivity (Wildman–Crippen MR) is 135 cm³/mol. The number of ketones is 1. The van der Waals surface area contributed by atoms with Crippen molar-refractivity contribution in [2.45, 2.75) is 19.3 Å². The first-order valence-corrected chi connectivity index (χ1v) is 11.6. The minimum Gasteiger partial charge on any atom is -0.309 e. The molecule has 0 aliphatic heterocycles. The highest BCUT2D eigenvalue weighted by Crippen LogP contribution is 2.38. The number of hydrogen-bond donors (Lipinski definition) is 0. The Kier molecular flexibility index (Phi) is 3.88. The molecule has 1 aliphatic carbocycles. The largest absolute Gasteiger partial charge is 0.309 e. The number of carbonyl (C=O) groups excluding carboxylic acids is 1. The fourth-order valence-electron chi connectivity index (χ4n) is 5.62. The predicted octanol–water partition coefficient (Wildman–Crippen LogP) is 7.25. The van der Waals surface area contributed by atoms with E-state index in [4.69, 9.17) is 0 Å². The molecule has 3 heteroatoms. The number of hydrogen-bond acceptors (Lipinski definition) is 1. The third-order valence-electron chi connectivity index (χ3n) is 7.00. The van der Waals surface area contributed by atoms with Crippen LogP contribution in [-0.2, 0) is 6.42 Å². The molecule has 0 saturated heterocycles. The van der Waals surface area contributed by atoms with E-state index in [9.17, 15) is 4.79 Å². The highest BCUT2D eigenvalue weighted by Gasteiger charge is 2.27. The van der Waals surface area contributed by atoms with Gasteiger partial charge in [0.1, 0.15) is 0 Å². The van der Waals surface area contributed by atoms with Gasteiger partial charge in [-0.2, -0.15) is 0 Å². The summed E-state index contributed by atoms with van der Waals surface area (Å²) in [6.45, 7) is 0.